The molecular weight excluding hydrogens is 252 g/mol. The lowest BCUT2D eigenvalue weighted by Gasteiger charge is -2.28. The first kappa shape index (κ1) is 14.6. The fraction of sp³-hybridized carbons (Fsp3) is 0.625. The zero-order valence-corrected chi connectivity index (χ0v) is 13.2. The van der Waals surface area contributed by atoms with Crippen LogP contribution in [0.15, 0.2) is 30.3 Å². The first-order chi connectivity index (χ1) is 9.40. The van der Waals surface area contributed by atoms with E-state index in [9.17, 15) is 0 Å². The molecule has 1 unspecified atom stereocenters. The van der Waals surface area contributed by atoms with Gasteiger partial charge in [-0.1, -0.05) is 57.2 Å². The molecule has 3 heteroatoms. The van der Waals surface area contributed by atoms with Gasteiger partial charge < -0.3 is 9.16 Å². The Morgan fingerprint density at radius 1 is 1.05 bits per heavy atom. The van der Waals surface area contributed by atoms with Gasteiger partial charge in [0.15, 0.2) is 9.04 Å². The number of hydrogen-bond donors (Lipinski definition) is 0. The third kappa shape index (κ3) is 5.00. The Kier molecular flexibility index (Phi) is 6.44. The lowest BCUT2D eigenvalue weighted by atomic mass is 10.0. The van der Waals surface area contributed by atoms with Gasteiger partial charge in [0.2, 0.25) is 0 Å². The predicted octanol–water partition coefficient (Wildman–Crippen LogP) is 4.16. The second-order valence-electron chi connectivity index (χ2n) is 5.38. The molecule has 1 aromatic rings. The SMILES string of the molecule is CC[SiH](OCCOc1ccccc1)C1CCCCC1. The highest BCUT2D eigenvalue weighted by molar-refractivity contribution is 6.53. The summed E-state index contributed by atoms with van der Waals surface area (Å²) in [5, 5.41) is 0. The summed E-state index contributed by atoms with van der Waals surface area (Å²) in [4.78, 5) is 0. The maximum atomic E-state index is 6.17. The molecule has 2 rings (SSSR count). The van der Waals surface area contributed by atoms with Crippen LogP contribution in [0.1, 0.15) is 39.0 Å². The zero-order valence-electron chi connectivity index (χ0n) is 12.0. The number of para-hydroxylation sites is 1. The summed E-state index contributed by atoms with van der Waals surface area (Å²) in [5.74, 6) is 0.943. The maximum Gasteiger partial charge on any atom is 0.179 e. The van der Waals surface area contributed by atoms with E-state index in [-0.39, 0.29) is 0 Å². The molecule has 19 heavy (non-hydrogen) atoms. The largest absolute Gasteiger partial charge is 0.491 e. The lowest BCUT2D eigenvalue weighted by Crippen LogP contribution is -2.27. The maximum absolute atomic E-state index is 6.17. The van der Waals surface area contributed by atoms with Crippen LogP contribution in [0.25, 0.3) is 0 Å². The Morgan fingerprint density at radius 2 is 1.79 bits per heavy atom. The summed E-state index contributed by atoms with van der Waals surface area (Å²) in [6.45, 7) is 3.74. The Labute approximate surface area is 118 Å². The van der Waals surface area contributed by atoms with Crippen molar-refractivity contribution < 1.29 is 9.16 Å². The van der Waals surface area contributed by atoms with E-state index in [1.54, 1.807) is 0 Å². The van der Waals surface area contributed by atoms with Crippen molar-refractivity contribution in [3.8, 4) is 5.75 Å². The molecule has 1 atom stereocenters. The van der Waals surface area contributed by atoms with Crippen molar-refractivity contribution in [1.29, 1.82) is 0 Å². The second-order valence-corrected chi connectivity index (χ2v) is 8.55. The molecule has 0 saturated heterocycles. The van der Waals surface area contributed by atoms with Crippen LogP contribution in [0.2, 0.25) is 11.6 Å². The van der Waals surface area contributed by atoms with Crippen LogP contribution in [0.3, 0.4) is 0 Å². The van der Waals surface area contributed by atoms with E-state index in [1.165, 1.54) is 38.1 Å². The van der Waals surface area contributed by atoms with Crippen molar-refractivity contribution in [3.63, 3.8) is 0 Å². The minimum Gasteiger partial charge on any atom is -0.491 e. The average molecular weight is 278 g/mol. The molecule has 1 saturated carbocycles. The summed E-state index contributed by atoms with van der Waals surface area (Å²) in [7, 11) is -1.000. The summed E-state index contributed by atoms with van der Waals surface area (Å²) in [5.41, 5.74) is 0.912. The molecule has 0 heterocycles. The summed E-state index contributed by atoms with van der Waals surface area (Å²) >= 11 is 0. The third-order valence-corrected chi connectivity index (χ3v) is 7.19. The molecular formula is C16H26O2Si. The van der Waals surface area contributed by atoms with Crippen LogP contribution < -0.4 is 4.74 Å². The summed E-state index contributed by atoms with van der Waals surface area (Å²) in [6, 6.07) is 11.3. The Morgan fingerprint density at radius 3 is 2.47 bits per heavy atom. The van der Waals surface area contributed by atoms with E-state index >= 15 is 0 Å². The van der Waals surface area contributed by atoms with Crippen LogP contribution in [0, 0.1) is 0 Å². The summed E-state index contributed by atoms with van der Waals surface area (Å²) < 4.78 is 11.9. The van der Waals surface area contributed by atoms with E-state index < -0.39 is 9.04 Å². The minimum atomic E-state index is -1.000. The lowest BCUT2D eigenvalue weighted by molar-refractivity contribution is 0.211. The van der Waals surface area contributed by atoms with Crippen molar-refractivity contribution >= 4 is 9.04 Å². The smallest absolute Gasteiger partial charge is 0.179 e. The van der Waals surface area contributed by atoms with E-state index in [4.69, 9.17) is 9.16 Å². The van der Waals surface area contributed by atoms with Gasteiger partial charge in [-0.15, -0.1) is 0 Å². The first-order valence-electron chi connectivity index (χ1n) is 7.69. The molecule has 0 amide bonds. The van der Waals surface area contributed by atoms with Gasteiger partial charge in [-0.25, -0.2) is 0 Å². The molecule has 1 aromatic carbocycles. The van der Waals surface area contributed by atoms with E-state index in [2.05, 4.69) is 6.92 Å². The summed E-state index contributed by atoms with van der Waals surface area (Å²) in [6.07, 6.45) is 7.07. The molecule has 0 N–H and O–H groups in total. The molecule has 0 aromatic heterocycles. The van der Waals surface area contributed by atoms with Crippen molar-refractivity contribution in [2.75, 3.05) is 13.2 Å². The van der Waals surface area contributed by atoms with Gasteiger partial charge in [-0.3, -0.25) is 0 Å². The predicted molar refractivity (Wildman–Crippen MR) is 82.4 cm³/mol. The molecule has 0 radical (unpaired) electrons. The van der Waals surface area contributed by atoms with Crippen LogP contribution in [-0.2, 0) is 4.43 Å². The zero-order chi connectivity index (χ0) is 13.3. The van der Waals surface area contributed by atoms with Gasteiger partial charge in [0.05, 0.1) is 6.61 Å². The van der Waals surface area contributed by atoms with Crippen LogP contribution >= 0.6 is 0 Å². The van der Waals surface area contributed by atoms with Gasteiger partial charge >= 0.3 is 0 Å². The monoisotopic (exact) mass is 278 g/mol. The Hall–Kier alpha value is -0.803. The molecule has 0 spiro atoms. The molecule has 1 fully saturated rings. The molecule has 1 aliphatic carbocycles. The van der Waals surface area contributed by atoms with Crippen LogP contribution in [0.4, 0.5) is 0 Å². The number of rotatable bonds is 7. The van der Waals surface area contributed by atoms with Gasteiger partial charge in [0.1, 0.15) is 12.4 Å². The number of hydrogen-bond acceptors (Lipinski definition) is 2. The topological polar surface area (TPSA) is 18.5 Å². The van der Waals surface area contributed by atoms with Crippen molar-refractivity contribution in [2.45, 2.75) is 50.6 Å². The van der Waals surface area contributed by atoms with Gasteiger partial charge in [0, 0.05) is 0 Å². The highest BCUT2D eigenvalue weighted by Crippen LogP contribution is 2.32. The molecule has 1 aliphatic rings. The van der Waals surface area contributed by atoms with Gasteiger partial charge in [-0.05, 0) is 23.7 Å². The Balaban J connectivity index is 1.65. The molecule has 106 valence electrons. The highest BCUT2D eigenvalue weighted by Gasteiger charge is 2.24. The van der Waals surface area contributed by atoms with Gasteiger partial charge in [0.25, 0.3) is 0 Å². The van der Waals surface area contributed by atoms with Crippen molar-refractivity contribution in [1.82, 2.24) is 0 Å². The molecule has 0 bridgehead atoms. The second kappa shape index (κ2) is 8.38. The first-order valence-corrected chi connectivity index (χ1v) is 9.65. The average Bonchev–Trinajstić information content (AvgIpc) is 2.49. The fourth-order valence-electron chi connectivity index (χ4n) is 2.97. The van der Waals surface area contributed by atoms with Crippen LogP contribution in [0.5, 0.6) is 5.75 Å². The van der Waals surface area contributed by atoms with Crippen LogP contribution in [-0.4, -0.2) is 22.3 Å². The normalized spacial score (nSPS) is 18.2. The molecule has 2 nitrogen and oxygen atoms in total. The highest BCUT2D eigenvalue weighted by atomic mass is 28.3. The third-order valence-electron chi connectivity index (χ3n) is 4.01. The fourth-order valence-corrected chi connectivity index (χ4v) is 5.76. The quantitative estimate of drug-likeness (QED) is 0.551. The van der Waals surface area contributed by atoms with Gasteiger partial charge in [-0.2, -0.15) is 0 Å². The standard InChI is InChI=1S/C16H26O2Si/c1-2-19(16-11-7-4-8-12-16)18-14-13-17-15-9-5-3-6-10-15/h3,5-6,9-10,16,19H,2,4,7-8,11-14H2,1H3. The Bertz CT molecular complexity index is 336. The van der Waals surface area contributed by atoms with E-state index in [0.717, 1.165) is 17.9 Å². The molecule has 0 aliphatic heterocycles. The number of ether oxygens (including phenoxy) is 1. The number of benzene rings is 1. The van der Waals surface area contributed by atoms with E-state index in [1.807, 2.05) is 30.3 Å². The van der Waals surface area contributed by atoms with Crippen molar-refractivity contribution in [2.24, 2.45) is 0 Å². The van der Waals surface area contributed by atoms with E-state index in [0.29, 0.717) is 6.61 Å². The van der Waals surface area contributed by atoms with Crippen molar-refractivity contribution in [3.05, 3.63) is 30.3 Å². The minimum absolute atomic E-state index is 0.681.